The number of aryl methyl sites for hydroxylation is 1. The van der Waals surface area contributed by atoms with Crippen molar-refractivity contribution in [3.63, 3.8) is 0 Å². The van der Waals surface area contributed by atoms with Gasteiger partial charge in [0, 0.05) is 39.1 Å². The third-order valence-corrected chi connectivity index (χ3v) is 7.77. The summed E-state index contributed by atoms with van der Waals surface area (Å²) in [6, 6.07) is 10.7. The average molecular weight is 505 g/mol. The molecular weight excluding hydrogens is 487 g/mol. The Kier molecular flexibility index (Phi) is 6.09. The highest BCUT2D eigenvalue weighted by Crippen LogP contribution is 2.37. The molecule has 2 heterocycles. The van der Waals surface area contributed by atoms with Gasteiger partial charge in [-0.3, -0.25) is 9.59 Å². The molecule has 0 bridgehead atoms. The average Bonchev–Trinajstić information content (AvgIpc) is 3.23. The Hall–Kier alpha value is -3.07. The number of anilines is 1. The van der Waals surface area contributed by atoms with Crippen molar-refractivity contribution in [3.8, 4) is 0 Å². The molecule has 0 atom stereocenters. The largest absolute Gasteiger partial charge is 0.481 e. The number of hydrogen-bond donors (Lipinski definition) is 3. The Balaban J connectivity index is 1.90. The number of aliphatic carboxylic acids is 1. The predicted octanol–water partition coefficient (Wildman–Crippen LogP) is 4.97. The van der Waals surface area contributed by atoms with Gasteiger partial charge in [0.2, 0.25) is 9.84 Å². The molecule has 0 saturated carbocycles. The maximum atomic E-state index is 13.5. The monoisotopic (exact) mass is 504 g/mol. The van der Waals surface area contributed by atoms with Crippen LogP contribution >= 0.6 is 23.2 Å². The molecule has 3 N–H and O–H groups in total. The van der Waals surface area contributed by atoms with Crippen molar-refractivity contribution in [2.45, 2.75) is 29.6 Å². The number of hydrogen-bond acceptors (Lipinski definition) is 4. The summed E-state index contributed by atoms with van der Waals surface area (Å²) in [5.41, 5.74) is 2.42. The van der Waals surface area contributed by atoms with E-state index in [0.29, 0.717) is 43.8 Å². The number of fused-ring (bicyclic) bond motifs is 1. The van der Waals surface area contributed by atoms with Crippen molar-refractivity contribution in [2.75, 3.05) is 5.32 Å². The van der Waals surface area contributed by atoms with Crippen LogP contribution in [0.5, 0.6) is 0 Å². The summed E-state index contributed by atoms with van der Waals surface area (Å²) in [7, 11) is -3.99. The summed E-state index contributed by atoms with van der Waals surface area (Å²) in [5.74, 6) is -1.44. The second-order valence-electron chi connectivity index (χ2n) is 7.52. The van der Waals surface area contributed by atoms with E-state index in [-0.39, 0.29) is 28.5 Å². The Labute approximate surface area is 200 Å². The Morgan fingerprint density at radius 1 is 1.09 bits per heavy atom. The van der Waals surface area contributed by atoms with E-state index < -0.39 is 15.8 Å². The molecule has 0 saturated heterocycles. The van der Waals surface area contributed by atoms with Gasteiger partial charge in [-0.05, 0) is 67.4 Å². The molecule has 4 rings (SSSR count). The number of nitrogens with one attached hydrogen (secondary N) is 2. The smallest absolute Gasteiger partial charge is 0.303 e. The molecule has 0 fully saturated rings. The highest BCUT2D eigenvalue weighted by Gasteiger charge is 2.30. The van der Waals surface area contributed by atoms with Crippen molar-refractivity contribution in [1.82, 2.24) is 4.98 Å². The Morgan fingerprint density at radius 3 is 2.42 bits per heavy atom. The first-order valence-corrected chi connectivity index (χ1v) is 12.1. The van der Waals surface area contributed by atoms with Crippen molar-refractivity contribution >= 4 is 62.3 Å². The van der Waals surface area contributed by atoms with Gasteiger partial charge in [-0.25, -0.2) is 8.42 Å². The molecule has 0 unspecified atom stereocenters. The van der Waals surface area contributed by atoms with Gasteiger partial charge in [-0.15, -0.1) is 0 Å². The fourth-order valence-electron chi connectivity index (χ4n) is 3.83. The lowest BCUT2D eigenvalue weighted by Crippen LogP contribution is -2.08. The van der Waals surface area contributed by atoms with Crippen molar-refractivity contribution < 1.29 is 23.1 Å². The second kappa shape index (κ2) is 8.70. The van der Waals surface area contributed by atoms with Crippen molar-refractivity contribution in [3.05, 3.63) is 75.0 Å². The van der Waals surface area contributed by atoms with Gasteiger partial charge in [-0.1, -0.05) is 23.2 Å². The van der Waals surface area contributed by atoms with E-state index in [1.54, 1.807) is 25.1 Å². The van der Waals surface area contributed by atoms with Gasteiger partial charge < -0.3 is 15.4 Å². The minimum Gasteiger partial charge on any atom is -0.481 e. The molecule has 7 nitrogen and oxygen atoms in total. The number of sulfone groups is 1. The van der Waals surface area contributed by atoms with Gasteiger partial charge in [0.1, 0.15) is 0 Å². The number of carbonyl (C=O) groups is 2. The molecule has 33 heavy (non-hydrogen) atoms. The second-order valence-corrected chi connectivity index (χ2v) is 10.3. The van der Waals surface area contributed by atoms with Crippen LogP contribution in [0.4, 0.5) is 5.69 Å². The van der Waals surface area contributed by atoms with Crippen LogP contribution in [0.15, 0.2) is 52.3 Å². The van der Waals surface area contributed by atoms with E-state index in [9.17, 15) is 23.1 Å². The summed E-state index contributed by atoms with van der Waals surface area (Å²) in [5, 5.41) is 12.8. The van der Waals surface area contributed by atoms with E-state index in [1.807, 2.05) is 0 Å². The van der Waals surface area contributed by atoms with E-state index in [0.717, 1.165) is 0 Å². The first kappa shape index (κ1) is 23.1. The fourth-order valence-corrected chi connectivity index (χ4v) is 5.85. The number of rotatable bonds is 6. The molecule has 10 heteroatoms. The Bertz CT molecular complexity index is 1420. The summed E-state index contributed by atoms with van der Waals surface area (Å²) in [6.07, 6.45) is 1.19. The number of carbonyl (C=O) groups excluding carboxylic acids is 1. The number of H-pyrrole nitrogens is 1. The maximum absolute atomic E-state index is 13.5. The number of carboxylic acids is 1. The molecule has 0 spiro atoms. The lowest BCUT2D eigenvalue weighted by Gasteiger charge is -2.08. The van der Waals surface area contributed by atoms with Crippen LogP contribution in [-0.2, 0) is 25.8 Å². The zero-order chi connectivity index (χ0) is 23.9. The number of amides is 1. The van der Waals surface area contributed by atoms with Crippen LogP contribution in [0.1, 0.15) is 28.9 Å². The molecular formula is C23H18Cl2N2O5S. The van der Waals surface area contributed by atoms with E-state index in [2.05, 4.69) is 10.3 Å². The van der Waals surface area contributed by atoms with Crippen LogP contribution in [0.25, 0.3) is 11.6 Å². The normalized spacial score (nSPS) is 14.4. The fraction of sp³-hybridized carbons (Fsp3) is 0.130. The van der Waals surface area contributed by atoms with E-state index in [4.69, 9.17) is 23.2 Å². The van der Waals surface area contributed by atoms with Crippen molar-refractivity contribution in [1.29, 1.82) is 0 Å². The molecule has 0 radical (unpaired) electrons. The van der Waals surface area contributed by atoms with Crippen molar-refractivity contribution in [2.24, 2.45) is 0 Å². The molecule has 1 aliphatic heterocycles. The number of halogens is 2. The minimum absolute atomic E-state index is 0.0114. The van der Waals surface area contributed by atoms with Gasteiger partial charge in [0.05, 0.1) is 15.4 Å². The first-order valence-electron chi connectivity index (χ1n) is 9.85. The first-order chi connectivity index (χ1) is 15.6. The number of aromatic amines is 1. The third kappa shape index (κ3) is 4.42. The lowest BCUT2D eigenvalue weighted by molar-refractivity contribution is -0.137. The van der Waals surface area contributed by atoms with E-state index in [1.165, 1.54) is 30.3 Å². The number of aromatic nitrogens is 1. The number of benzene rings is 2. The molecule has 3 aromatic rings. The summed E-state index contributed by atoms with van der Waals surface area (Å²) < 4.78 is 26.9. The standard InChI is InChI=1S/C23H18Cl2N2O5S/c1-12-22(33(31,32)15-5-2-13(24)3-6-15)16(7-9-21(28)29)20(26-12)11-18-17-10-14(25)4-8-19(17)27-23(18)30/h2-6,8,10-11,26H,7,9H2,1H3,(H,27,30)(H,28,29). The SMILES string of the molecule is Cc1[nH]c(C=C2C(=O)Nc3ccc(Cl)cc32)c(CCC(=O)O)c1S(=O)(=O)c1ccc(Cl)cc1. The molecule has 2 aromatic carbocycles. The van der Waals surface area contributed by atoms with Crippen LogP contribution < -0.4 is 5.32 Å². The predicted molar refractivity (Wildman–Crippen MR) is 126 cm³/mol. The number of carboxylic acid groups (broad SMARTS) is 1. The van der Waals surface area contributed by atoms with Gasteiger partial charge in [0.15, 0.2) is 0 Å². The van der Waals surface area contributed by atoms with Crippen LogP contribution in [0.2, 0.25) is 10.0 Å². The topological polar surface area (TPSA) is 116 Å². The Morgan fingerprint density at radius 2 is 1.76 bits per heavy atom. The van der Waals surface area contributed by atoms with Crippen LogP contribution in [0, 0.1) is 6.92 Å². The van der Waals surface area contributed by atoms with Gasteiger partial charge in [0.25, 0.3) is 5.91 Å². The summed E-state index contributed by atoms with van der Waals surface area (Å²) in [4.78, 5) is 26.9. The quantitative estimate of drug-likeness (QED) is 0.409. The van der Waals surface area contributed by atoms with E-state index >= 15 is 0 Å². The summed E-state index contributed by atoms with van der Waals surface area (Å²) >= 11 is 12.0. The molecule has 1 aliphatic rings. The molecule has 1 amide bonds. The minimum atomic E-state index is -3.99. The highest BCUT2D eigenvalue weighted by atomic mass is 35.5. The zero-order valence-corrected chi connectivity index (χ0v) is 19.6. The van der Waals surface area contributed by atoms with Crippen LogP contribution in [-0.4, -0.2) is 30.4 Å². The molecule has 1 aromatic heterocycles. The van der Waals surface area contributed by atoms with Gasteiger partial charge in [-0.2, -0.15) is 0 Å². The summed E-state index contributed by atoms with van der Waals surface area (Å²) in [6.45, 7) is 1.59. The maximum Gasteiger partial charge on any atom is 0.303 e. The molecule has 170 valence electrons. The van der Waals surface area contributed by atoms with Gasteiger partial charge >= 0.3 is 5.97 Å². The molecule has 0 aliphatic carbocycles. The highest BCUT2D eigenvalue weighted by molar-refractivity contribution is 7.91. The van der Waals surface area contributed by atoms with Crippen LogP contribution in [0.3, 0.4) is 0 Å². The third-order valence-electron chi connectivity index (χ3n) is 5.30. The zero-order valence-electron chi connectivity index (χ0n) is 17.3. The lowest BCUT2D eigenvalue weighted by atomic mass is 10.0.